The van der Waals surface area contributed by atoms with Gasteiger partial charge >= 0.3 is 0 Å². The predicted molar refractivity (Wildman–Crippen MR) is 50.9 cm³/mol. The summed E-state index contributed by atoms with van der Waals surface area (Å²) in [6, 6.07) is 0. The third kappa shape index (κ3) is 2.24. The highest BCUT2D eigenvalue weighted by atomic mass is 16.3. The Kier molecular flexibility index (Phi) is 3.60. The molecule has 0 aromatic heterocycles. The second-order valence-electron chi connectivity index (χ2n) is 3.36. The maximum absolute atomic E-state index is 9.45. The van der Waals surface area contributed by atoms with E-state index in [1.807, 2.05) is 0 Å². The molecule has 0 saturated heterocycles. The molecule has 70 valence electrons. The zero-order chi connectivity index (χ0) is 8.97. The molecule has 12 heavy (non-hydrogen) atoms. The molecule has 0 bridgehead atoms. The SMILES string of the molecule is CCNC1=C(CC)CCC(O)C1. The summed E-state index contributed by atoms with van der Waals surface area (Å²) in [5.41, 5.74) is 2.79. The molecule has 0 radical (unpaired) electrons. The molecule has 0 heterocycles. The van der Waals surface area contributed by atoms with Crippen molar-refractivity contribution in [1.29, 1.82) is 0 Å². The van der Waals surface area contributed by atoms with Gasteiger partial charge in [0.15, 0.2) is 0 Å². The lowest BCUT2D eigenvalue weighted by Crippen LogP contribution is -2.24. The van der Waals surface area contributed by atoms with Crippen LogP contribution in [0.2, 0.25) is 0 Å². The zero-order valence-corrected chi connectivity index (χ0v) is 8.06. The highest BCUT2D eigenvalue weighted by molar-refractivity contribution is 5.16. The van der Waals surface area contributed by atoms with Crippen molar-refractivity contribution in [1.82, 2.24) is 5.32 Å². The standard InChI is InChI=1S/C10H19NO/c1-3-8-5-6-9(12)7-10(8)11-4-2/h9,11-12H,3-7H2,1-2H3. The molecule has 0 aromatic carbocycles. The molecule has 0 saturated carbocycles. The van der Waals surface area contributed by atoms with Crippen molar-refractivity contribution >= 4 is 0 Å². The molecule has 0 fully saturated rings. The molecule has 1 atom stereocenters. The molecule has 1 aliphatic carbocycles. The molecule has 0 amide bonds. The lowest BCUT2D eigenvalue weighted by atomic mass is 9.92. The average molecular weight is 169 g/mol. The van der Waals surface area contributed by atoms with Crippen LogP contribution < -0.4 is 5.32 Å². The van der Waals surface area contributed by atoms with Crippen LogP contribution in [0.4, 0.5) is 0 Å². The fraction of sp³-hybridized carbons (Fsp3) is 0.800. The number of aliphatic hydroxyl groups is 1. The molecule has 1 rings (SSSR count). The van der Waals surface area contributed by atoms with Gasteiger partial charge in [-0.1, -0.05) is 12.5 Å². The Hall–Kier alpha value is -0.500. The van der Waals surface area contributed by atoms with E-state index in [0.29, 0.717) is 0 Å². The second kappa shape index (κ2) is 4.51. The molecule has 2 heteroatoms. The lowest BCUT2D eigenvalue weighted by molar-refractivity contribution is 0.155. The number of aliphatic hydroxyl groups excluding tert-OH is 1. The van der Waals surface area contributed by atoms with E-state index in [1.165, 1.54) is 11.3 Å². The summed E-state index contributed by atoms with van der Waals surface area (Å²) in [4.78, 5) is 0. The minimum Gasteiger partial charge on any atom is -0.393 e. The van der Waals surface area contributed by atoms with Gasteiger partial charge in [0.1, 0.15) is 0 Å². The van der Waals surface area contributed by atoms with Crippen LogP contribution in [0.5, 0.6) is 0 Å². The van der Waals surface area contributed by atoms with Gasteiger partial charge in [-0.15, -0.1) is 0 Å². The van der Waals surface area contributed by atoms with Crippen LogP contribution in [0.1, 0.15) is 39.5 Å². The normalized spacial score (nSPS) is 24.4. The van der Waals surface area contributed by atoms with Crippen molar-refractivity contribution in [3.8, 4) is 0 Å². The minimum absolute atomic E-state index is 0.116. The number of nitrogens with one attached hydrogen (secondary N) is 1. The molecular formula is C10H19NO. The molecule has 0 aliphatic heterocycles. The van der Waals surface area contributed by atoms with Crippen LogP contribution in [0.3, 0.4) is 0 Å². The fourth-order valence-electron chi connectivity index (χ4n) is 1.77. The van der Waals surface area contributed by atoms with E-state index >= 15 is 0 Å². The third-order valence-electron chi connectivity index (χ3n) is 2.46. The van der Waals surface area contributed by atoms with Crippen molar-refractivity contribution in [2.45, 2.75) is 45.6 Å². The van der Waals surface area contributed by atoms with Crippen LogP contribution in [-0.2, 0) is 0 Å². The van der Waals surface area contributed by atoms with E-state index in [9.17, 15) is 5.11 Å². The highest BCUT2D eigenvalue weighted by Crippen LogP contribution is 2.25. The van der Waals surface area contributed by atoms with Crippen LogP contribution in [0.25, 0.3) is 0 Å². The number of rotatable bonds is 3. The number of allylic oxidation sites excluding steroid dienone is 1. The summed E-state index contributed by atoms with van der Waals surface area (Å²) < 4.78 is 0. The molecule has 1 aliphatic rings. The van der Waals surface area contributed by atoms with Gasteiger partial charge in [-0.05, 0) is 26.2 Å². The van der Waals surface area contributed by atoms with E-state index in [2.05, 4.69) is 19.2 Å². The van der Waals surface area contributed by atoms with Gasteiger partial charge in [0.05, 0.1) is 6.10 Å². The van der Waals surface area contributed by atoms with Gasteiger partial charge in [0.2, 0.25) is 0 Å². The summed E-state index contributed by atoms with van der Waals surface area (Å²) in [5, 5.41) is 12.8. The molecule has 1 unspecified atom stereocenters. The maximum atomic E-state index is 9.45. The minimum atomic E-state index is -0.116. The monoisotopic (exact) mass is 169 g/mol. The van der Waals surface area contributed by atoms with Crippen molar-refractivity contribution in [3.63, 3.8) is 0 Å². The van der Waals surface area contributed by atoms with Crippen LogP contribution in [0, 0.1) is 0 Å². The first-order valence-corrected chi connectivity index (χ1v) is 4.90. The van der Waals surface area contributed by atoms with Gasteiger partial charge in [0.25, 0.3) is 0 Å². The molecule has 0 aromatic rings. The first-order valence-electron chi connectivity index (χ1n) is 4.90. The first-order chi connectivity index (χ1) is 5.77. The topological polar surface area (TPSA) is 32.3 Å². The fourth-order valence-corrected chi connectivity index (χ4v) is 1.77. The Morgan fingerprint density at radius 2 is 2.25 bits per heavy atom. The average Bonchev–Trinajstić information content (AvgIpc) is 2.05. The highest BCUT2D eigenvalue weighted by Gasteiger charge is 2.17. The Bertz CT molecular complexity index is 175. The van der Waals surface area contributed by atoms with Crippen LogP contribution in [-0.4, -0.2) is 17.8 Å². The Balaban J connectivity index is 2.63. The summed E-state index contributed by atoms with van der Waals surface area (Å²) in [6.45, 7) is 5.25. The van der Waals surface area contributed by atoms with E-state index in [1.54, 1.807) is 0 Å². The smallest absolute Gasteiger partial charge is 0.0597 e. The lowest BCUT2D eigenvalue weighted by Gasteiger charge is -2.24. The van der Waals surface area contributed by atoms with Crippen molar-refractivity contribution in [3.05, 3.63) is 11.3 Å². The zero-order valence-electron chi connectivity index (χ0n) is 8.06. The second-order valence-corrected chi connectivity index (χ2v) is 3.36. The maximum Gasteiger partial charge on any atom is 0.0597 e. The van der Waals surface area contributed by atoms with Gasteiger partial charge in [-0.25, -0.2) is 0 Å². The van der Waals surface area contributed by atoms with Gasteiger partial charge < -0.3 is 10.4 Å². The van der Waals surface area contributed by atoms with Crippen molar-refractivity contribution in [2.75, 3.05) is 6.54 Å². The molecular weight excluding hydrogens is 150 g/mol. The summed E-state index contributed by atoms with van der Waals surface area (Å²) in [7, 11) is 0. The van der Waals surface area contributed by atoms with Gasteiger partial charge in [-0.2, -0.15) is 0 Å². The summed E-state index contributed by atoms with van der Waals surface area (Å²) in [5.74, 6) is 0. The van der Waals surface area contributed by atoms with E-state index < -0.39 is 0 Å². The molecule has 2 nitrogen and oxygen atoms in total. The summed E-state index contributed by atoms with van der Waals surface area (Å²) >= 11 is 0. The molecule has 0 spiro atoms. The Morgan fingerprint density at radius 3 is 2.83 bits per heavy atom. The van der Waals surface area contributed by atoms with Gasteiger partial charge in [-0.3, -0.25) is 0 Å². The number of hydrogen-bond acceptors (Lipinski definition) is 2. The van der Waals surface area contributed by atoms with Crippen LogP contribution in [0.15, 0.2) is 11.3 Å². The third-order valence-corrected chi connectivity index (χ3v) is 2.46. The van der Waals surface area contributed by atoms with Crippen LogP contribution >= 0.6 is 0 Å². The van der Waals surface area contributed by atoms with E-state index in [4.69, 9.17) is 0 Å². The number of hydrogen-bond donors (Lipinski definition) is 2. The molecule has 2 N–H and O–H groups in total. The van der Waals surface area contributed by atoms with Gasteiger partial charge in [0, 0.05) is 18.7 Å². The van der Waals surface area contributed by atoms with E-state index in [0.717, 1.165) is 32.2 Å². The predicted octanol–water partition coefficient (Wildman–Crippen LogP) is 1.80. The summed E-state index contributed by atoms with van der Waals surface area (Å²) in [6.07, 6.45) is 3.85. The van der Waals surface area contributed by atoms with Crippen molar-refractivity contribution < 1.29 is 5.11 Å². The quantitative estimate of drug-likeness (QED) is 0.675. The van der Waals surface area contributed by atoms with E-state index in [-0.39, 0.29) is 6.10 Å². The Labute approximate surface area is 74.7 Å². The Morgan fingerprint density at radius 1 is 1.50 bits per heavy atom. The largest absolute Gasteiger partial charge is 0.393 e. The van der Waals surface area contributed by atoms with Crippen molar-refractivity contribution in [2.24, 2.45) is 0 Å². The first kappa shape index (κ1) is 9.59.